The summed E-state index contributed by atoms with van der Waals surface area (Å²) in [6, 6.07) is 9.73. The summed E-state index contributed by atoms with van der Waals surface area (Å²) in [7, 11) is 1.64. The fourth-order valence-corrected chi connectivity index (χ4v) is 4.29. The number of hydrogen-bond donors (Lipinski definition) is 2. The van der Waals surface area contributed by atoms with E-state index in [0.717, 1.165) is 66.8 Å². The Bertz CT molecular complexity index is 1260. The molecule has 0 atom stereocenters. The lowest BCUT2D eigenvalue weighted by atomic mass is 10.2. The second-order valence-electron chi connectivity index (χ2n) is 7.89. The van der Waals surface area contributed by atoms with Gasteiger partial charge in [0, 0.05) is 42.7 Å². The molecule has 0 spiro atoms. The van der Waals surface area contributed by atoms with Gasteiger partial charge in [-0.1, -0.05) is 23.7 Å². The van der Waals surface area contributed by atoms with Crippen molar-refractivity contribution in [3.05, 3.63) is 47.9 Å². The topological polar surface area (TPSA) is 84.5 Å². The molecular weight excluding hydrogens is 442 g/mol. The summed E-state index contributed by atoms with van der Waals surface area (Å²) in [6.45, 7) is 5.17. The number of nitrogens with zero attached hydrogens (tertiary/aromatic N) is 3. The summed E-state index contributed by atoms with van der Waals surface area (Å²) in [5, 5.41) is 5.88. The molecule has 5 rings (SSSR count). The average molecular weight is 468 g/mol. The van der Waals surface area contributed by atoms with E-state index in [2.05, 4.69) is 25.2 Å². The molecule has 172 valence electrons. The Morgan fingerprint density at radius 2 is 2.03 bits per heavy atom. The molecule has 0 unspecified atom stereocenters. The van der Waals surface area contributed by atoms with Gasteiger partial charge in [0.2, 0.25) is 0 Å². The highest BCUT2D eigenvalue weighted by Gasteiger charge is 2.14. The molecule has 0 bridgehead atoms. The fraction of sp³-hybridized carbons (Fsp3) is 0.333. The van der Waals surface area contributed by atoms with Crippen LogP contribution in [0, 0.1) is 0 Å². The second kappa shape index (κ2) is 9.82. The molecule has 33 heavy (non-hydrogen) atoms. The van der Waals surface area contributed by atoms with Crippen molar-refractivity contribution in [1.29, 1.82) is 0 Å². The van der Waals surface area contributed by atoms with E-state index in [-0.39, 0.29) is 0 Å². The Kier molecular flexibility index (Phi) is 6.48. The molecule has 2 aromatic heterocycles. The van der Waals surface area contributed by atoms with Gasteiger partial charge in [-0.25, -0.2) is 9.97 Å². The molecular formula is C24H26ClN5O3. The first-order valence-corrected chi connectivity index (χ1v) is 11.4. The third kappa shape index (κ3) is 4.68. The summed E-state index contributed by atoms with van der Waals surface area (Å²) in [6.07, 6.45) is 4.25. The number of aromatic amines is 1. The smallest absolute Gasteiger partial charge is 0.163 e. The van der Waals surface area contributed by atoms with E-state index in [1.165, 1.54) is 0 Å². The molecule has 1 fully saturated rings. The van der Waals surface area contributed by atoms with Crippen LogP contribution >= 0.6 is 11.6 Å². The van der Waals surface area contributed by atoms with Crippen molar-refractivity contribution in [2.75, 3.05) is 51.9 Å². The molecule has 0 saturated carbocycles. The summed E-state index contributed by atoms with van der Waals surface area (Å²) in [5.74, 6) is 2.00. The third-order valence-electron chi connectivity index (χ3n) is 5.82. The number of morpholine rings is 1. The fourth-order valence-electron chi connectivity index (χ4n) is 4.08. The zero-order valence-electron chi connectivity index (χ0n) is 18.4. The van der Waals surface area contributed by atoms with E-state index in [0.29, 0.717) is 28.9 Å². The van der Waals surface area contributed by atoms with Crippen molar-refractivity contribution in [2.45, 2.75) is 6.42 Å². The van der Waals surface area contributed by atoms with Crippen LogP contribution in [0.3, 0.4) is 0 Å². The van der Waals surface area contributed by atoms with Gasteiger partial charge in [0.15, 0.2) is 11.5 Å². The first-order chi connectivity index (χ1) is 16.2. The van der Waals surface area contributed by atoms with Crippen LogP contribution in [0.2, 0.25) is 5.02 Å². The van der Waals surface area contributed by atoms with Crippen LogP contribution in [0.4, 0.5) is 11.5 Å². The van der Waals surface area contributed by atoms with Crippen LogP contribution in [0.15, 0.2) is 42.9 Å². The maximum absolute atomic E-state index is 6.27. The molecule has 1 aliphatic heterocycles. The van der Waals surface area contributed by atoms with E-state index in [9.17, 15) is 0 Å². The molecule has 3 heterocycles. The lowest BCUT2D eigenvalue weighted by Gasteiger charge is -2.26. The SMILES string of the molecule is COc1cc2c(Nc3cccc4c(Cl)c[nH]c34)ncnc2cc1OCCCN1CCOCC1. The highest BCUT2D eigenvalue weighted by atomic mass is 35.5. The first kappa shape index (κ1) is 21.8. The molecule has 0 radical (unpaired) electrons. The van der Waals surface area contributed by atoms with Gasteiger partial charge in [-0.15, -0.1) is 0 Å². The molecule has 1 saturated heterocycles. The molecule has 2 aromatic carbocycles. The quantitative estimate of drug-likeness (QED) is 0.366. The number of hydrogen-bond acceptors (Lipinski definition) is 7. The minimum absolute atomic E-state index is 0.602. The van der Waals surface area contributed by atoms with Gasteiger partial charge in [0.25, 0.3) is 0 Å². The van der Waals surface area contributed by atoms with Gasteiger partial charge in [-0.3, -0.25) is 4.90 Å². The zero-order valence-corrected chi connectivity index (χ0v) is 19.2. The van der Waals surface area contributed by atoms with E-state index in [1.54, 1.807) is 19.6 Å². The first-order valence-electron chi connectivity index (χ1n) is 11.0. The Balaban J connectivity index is 1.35. The van der Waals surface area contributed by atoms with Gasteiger partial charge >= 0.3 is 0 Å². The predicted molar refractivity (Wildman–Crippen MR) is 130 cm³/mol. The number of benzene rings is 2. The van der Waals surface area contributed by atoms with Crippen molar-refractivity contribution in [3.8, 4) is 11.5 Å². The van der Waals surface area contributed by atoms with Gasteiger partial charge in [-0.2, -0.15) is 0 Å². The molecule has 2 N–H and O–H groups in total. The maximum Gasteiger partial charge on any atom is 0.163 e. The number of para-hydroxylation sites is 1. The van der Waals surface area contributed by atoms with Gasteiger partial charge in [0.05, 0.1) is 48.7 Å². The normalized spacial score (nSPS) is 14.6. The molecule has 1 aliphatic rings. The number of fused-ring (bicyclic) bond motifs is 2. The monoisotopic (exact) mass is 467 g/mol. The number of anilines is 2. The number of ether oxygens (including phenoxy) is 3. The minimum atomic E-state index is 0.602. The van der Waals surface area contributed by atoms with Crippen LogP contribution < -0.4 is 14.8 Å². The van der Waals surface area contributed by atoms with Gasteiger partial charge in [0.1, 0.15) is 12.1 Å². The van der Waals surface area contributed by atoms with Crippen LogP contribution in [0.25, 0.3) is 21.8 Å². The Hall–Kier alpha value is -3.07. The molecule has 4 aromatic rings. The Morgan fingerprint density at radius 1 is 1.15 bits per heavy atom. The van der Waals surface area contributed by atoms with Crippen molar-refractivity contribution in [2.24, 2.45) is 0 Å². The lowest BCUT2D eigenvalue weighted by molar-refractivity contribution is 0.0357. The highest BCUT2D eigenvalue weighted by Crippen LogP contribution is 2.36. The van der Waals surface area contributed by atoms with Gasteiger partial charge in [-0.05, 0) is 18.6 Å². The number of nitrogens with one attached hydrogen (secondary N) is 2. The number of H-pyrrole nitrogens is 1. The predicted octanol–water partition coefficient (Wildman–Crippen LogP) is 4.62. The van der Waals surface area contributed by atoms with Crippen LogP contribution in [-0.2, 0) is 4.74 Å². The molecule has 9 heteroatoms. The molecule has 8 nitrogen and oxygen atoms in total. The van der Waals surface area contributed by atoms with E-state index in [1.807, 2.05) is 30.3 Å². The average Bonchev–Trinajstić information content (AvgIpc) is 3.24. The van der Waals surface area contributed by atoms with Crippen LogP contribution in [0.1, 0.15) is 6.42 Å². The summed E-state index contributed by atoms with van der Waals surface area (Å²) in [5.41, 5.74) is 2.57. The third-order valence-corrected chi connectivity index (χ3v) is 6.13. The number of methoxy groups -OCH3 is 1. The number of aromatic nitrogens is 3. The minimum Gasteiger partial charge on any atom is -0.493 e. The zero-order chi connectivity index (χ0) is 22.6. The van der Waals surface area contributed by atoms with Gasteiger partial charge < -0.3 is 24.5 Å². The summed E-state index contributed by atoms with van der Waals surface area (Å²) < 4.78 is 17.1. The van der Waals surface area contributed by atoms with Crippen LogP contribution in [0.5, 0.6) is 11.5 Å². The largest absolute Gasteiger partial charge is 0.493 e. The number of rotatable bonds is 8. The summed E-state index contributed by atoms with van der Waals surface area (Å²) in [4.78, 5) is 14.5. The molecule has 0 amide bonds. The number of halogens is 1. The van der Waals surface area contributed by atoms with Crippen LogP contribution in [-0.4, -0.2) is 66.4 Å². The van der Waals surface area contributed by atoms with Crippen molar-refractivity contribution in [3.63, 3.8) is 0 Å². The van der Waals surface area contributed by atoms with Crippen molar-refractivity contribution >= 4 is 44.9 Å². The lowest BCUT2D eigenvalue weighted by Crippen LogP contribution is -2.37. The highest BCUT2D eigenvalue weighted by molar-refractivity contribution is 6.36. The van der Waals surface area contributed by atoms with Crippen molar-refractivity contribution in [1.82, 2.24) is 19.9 Å². The van der Waals surface area contributed by atoms with Crippen molar-refractivity contribution < 1.29 is 14.2 Å². The Labute approximate surface area is 196 Å². The van der Waals surface area contributed by atoms with E-state index >= 15 is 0 Å². The standard InChI is InChI=1S/C24H26ClN5O3/c1-31-21-12-17-20(13-22(21)33-9-3-6-30-7-10-32-11-8-30)27-15-28-24(17)29-19-5-2-4-16-18(25)14-26-23(16)19/h2,4-5,12-15,26H,3,6-11H2,1H3,(H,27,28,29). The maximum atomic E-state index is 6.27. The molecule has 0 aliphatic carbocycles. The Morgan fingerprint density at radius 3 is 2.88 bits per heavy atom. The second-order valence-corrected chi connectivity index (χ2v) is 8.30. The van der Waals surface area contributed by atoms with E-state index < -0.39 is 0 Å². The van der Waals surface area contributed by atoms with E-state index in [4.69, 9.17) is 25.8 Å². The summed E-state index contributed by atoms with van der Waals surface area (Å²) >= 11 is 6.27.